The molecule has 44 heavy (non-hydrogen) atoms. The highest BCUT2D eigenvalue weighted by atomic mass is 15.0. The SMILES string of the molecule is c1ccc(-c2nc(-c3ccccc3)nc(-c3cc(-c4cccc(-c5nc6ccccc6c6ccccc56)n4)ccn3)n2)cc1. The summed E-state index contributed by atoms with van der Waals surface area (Å²) in [7, 11) is 0. The van der Waals surface area contributed by atoms with Crippen LogP contribution in [0.2, 0.25) is 0 Å². The minimum absolute atomic E-state index is 0.498. The summed E-state index contributed by atoms with van der Waals surface area (Å²) in [5.41, 5.74) is 6.78. The number of fused-ring (bicyclic) bond motifs is 3. The molecule has 0 bridgehead atoms. The third kappa shape index (κ3) is 4.74. The summed E-state index contributed by atoms with van der Waals surface area (Å²) >= 11 is 0. The minimum Gasteiger partial charge on any atom is -0.253 e. The lowest BCUT2D eigenvalue weighted by atomic mass is 10.0. The van der Waals surface area contributed by atoms with E-state index in [0.29, 0.717) is 23.2 Å². The summed E-state index contributed by atoms with van der Waals surface area (Å²) in [5.74, 6) is 1.69. The van der Waals surface area contributed by atoms with Gasteiger partial charge in [0.1, 0.15) is 5.69 Å². The summed E-state index contributed by atoms with van der Waals surface area (Å²) in [6.45, 7) is 0. The molecule has 0 fully saturated rings. The molecule has 0 radical (unpaired) electrons. The van der Waals surface area contributed by atoms with E-state index in [-0.39, 0.29) is 0 Å². The molecule has 0 atom stereocenters. The van der Waals surface area contributed by atoms with E-state index < -0.39 is 0 Å². The Kier molecular flexibility index (Phi) is 6.35. The second kappa shape index (κ2) is 10.9. The third-order valence-corrected chi connectivity index (χ3v) is 7.58. The molecule has 0 aliphatic carbocycles. The number of nitrogens with zero attached hydrogens (tertiary/aromatic N) is 6. The summed E-state index contributed by atoms with van der Waals surface area (Å²) in [5, 5.41) is 3.35. The Labute approximate surface area is 253 Å². The van der Waals surface area contributed by atoms with Crippen LogP contribution in [0.1, 0.15) is 0 Å². The van der Waals surface area contributed by atoms with Crippen molar-refractivity contribution in [3.8, 4) is 56.9 Å². The molecule has 0 saturated heterocycles. The van der Waals surface area contributed by atoms with Gasteiger partial charge < -0.3 is 0 Å². The number of hydrogen-bond acceptors (Lipinski definition) is 6. The normalized spacial score (nSPS) is 11.2. The zero-order valence-electron chi connectivity index (χ0n) is 23.5. The van der Waals surface area contributed by atoms with Gasteiger partial charge in [-0.1, -0.05) is 109 Å². The lowest BCUT2D eigenvalue weighted by Crippen LogP contribution is -2.01. The fraction of sp³-hybridized carbons (Fsp3) is 0. The van der Waals surface area contributed by atoms with E-state index in [1.54, 1.807) is 6.20 Å². The molecule has 0 unspecified atom stereocenters. The second-order valence-corrected chi connectivity index (χ2v) is 10.4. The predicted molar refractivity (Wildman–Crippen MR) is 175 cm³/mol. The van der Waals surface area contributed by atoms with Crippen LogP contribution in [0.3, 0.4) is 0 Å². The lowest BCUT2D eigenvalue weighted by molar-refractivity contribution is 1.06. The number of benzene rings is 4. The van der Waals surface area contributed by atoms with Gasteiger partial charge in [0, 0.05) is 33.7 Å². The van der Waals surface area contributed by atoms with Crippen LogP contribution in [0.5, 0.6) is 0 Å². The van der Waals surface area contributed by atoms with Crippen molar-refractivity contribution in [1.29, 1.82) is 0 Å². The number of pyridine rings is 3. The van der Waals surface area contributed by atoms with Crippen molar-refractivity contribution >= 4 is 21.7 Å². The van der Waals surface area contributed by atoms with E-state index in [4.69, 9.17) is 24.9 Å². The number of hydrogen-bond donors (Lipinski definition) is 0. The molecule has 0 amide bonds. The molecule has 4 aromatic heterocycles. The average Bonchev–Trinajstić information content (AvgIpc) is 3.12. The van der Waals surface area contributed by atoms with Gasteiger partial charge in [-0.2, -0.15) is 0 Å². The van der Waals surface area contributed by atoms with Crippen molar-refractivity contribution in [3.63, 3.8) is 0 Å². The molecule has 0 aliphatic heterocycles. The van der Waals surface area contributed by atoms with Crippen LogP contribution in [0.15, 0.2) is 146 Å². The number of aromatic nitrogens is 6. The van der Waals surface area contributed by atoms with E-state index in [9.17, 15) is 0 Å². The molecule has 0 N–H and O–H groups in total. The minimum atomic E-state index is 0.498. The first-order valence-electron chi connectivity index (χ1n) is 14.4. The van der Waals surface area contributed by atoms with Crippen molar-refractivity contribution in [2.75, 3.05) is 0 Å². The smallest absolute Gasteiger partial charge is 0.182 e. The van der Waals surface area contributed by atoms with E-state index in [1.165, 1.54) is 0 Å². The van der Waals surface area contributed by atoms with Crippen molar-refractivity contribution in [3.05, 3.63) is 146 Å². The molecule has 6 heteroatoms. The van der Waals surface area contributed by atoms with Crippen molar-refractivity contribution in [2.45, 2.75) is 0 Å². The van der Waals surface area contributed by atoms with Gasteiger partial charge in [-0.15, -0.1) is 0 Å². The van der Waals surface area contributed by atoms with Crippen LogP contribution >= 0.6 is 0 Å². The zero-order chi connectivity index (χ0) is 29.3. The Morgan fingerprint density at radius 3 is 1.66 bits per heavy atom. The molecular formula is C38H24N6. The summed E-state index contributed by atoms with van der Waals surface area (Å²) < 4.78 is 0. The van der Waals surface area contributed by atoms with Crippen LogP contribution in [0.4, 0.5) is 0 Å². The molecule has 0 aliphatic rings. The molecule has 8 rings (SSSR count). The van der Waals surface area contributed by atoms with E-state index in [2.05, 4.69) is 29.2 Å². The van der Waals surface area contributed by atoms with Gasteiger partial charge in [-0.25, -0.2) is 24.9 Å². The summed E-state index contributed by atoms with van der Waals surface area (Å²) in [6, 6.07) is 46.4. The Morgan fingerprint density at radius 1 is 0.341 bits per heavy atom. The van der Waals surface area contributed by atoms with Crippen LogP contribution in [-0.4, -0.2) is 29.9 Å². The molecule has 8 aromatic rings. The standard InChI is InChI=1S/C38H24N6/c1-3-12-25(13-4-1)36-42-37(26-14-5-2-6-15-26)44-38(43-36)34-24-27(22-23-39-34)31-20-11-21-33(40-31)35-30-18-8-7-16-28(30)29-17-9-10-19-32(29)41-35/h1-24H. The van der Waals surface area contributed by atoms with Crippen molar-refractivity contribution in [2.24, 2.45) is 0 Å². The van der Waals surface area contributed by atoms with Crippen molar-refractivity contribution in [1.82, 2.24) is 29.9 Å². The fourth-order valence-corrected chi connectivity index (χ4v) is 5.46. The van der Waals surface area contributed by atoms with Gasteiger partial charge in [0.2, 0.25) is 0 Å². The summed E-state index contributed by atoms with van der Waals surface area (Å²) in [6.07, 6.45) is 1.77. The first-order valence-corrected chi connectivity index (χ1v) is 14.4. The van der Waals surface area contributed by atoms with Gasteiger partial charge >= 0.3 is 0 Å². The lowest BCUT2D eigenvalue weighted by Gasteiger charge is -2.11. The van der Waals surface area contributed by atoms with Gasteiger partial charge in [-0.05, 0) is 35.7 Å². The van der Waals surface area contributed by atoms with Crippen LogP contribution < -0.4 is 0 Å². The molecular weight excluding hydrogens is 540 g/mol. The Morgan fingerprint density at radius 2 is 0.932 bits per heavy atom. The highest BCUT2D eigenvalue weighted by Gasteiger charge is 2.15. The maximum absolute atomic E-state index is 5.09. The van der Waals surface area contributed by atoms with Gasteiger partial charge in [0.25, 0.3) is 0 Å². The molecule has 206 valence electrons. The highest BCUT2D eigenvalue weighted by Crippen LogP contribution is 2.33. The average molecular weight is 565 g/mol. The predicted octanol–water partition coefficient (Wildman–Crippen LogP) is 8.70. The Hall–Kier alpha value is -6.14. The van der Waals surface area contributed by atoms with Crippen LogP contribution in [0.25, 0.3) is 78.6 Å². The number of para-hydroxylation sites is 1. The third-order valence-electron chi connectivity index (χ3n) is 7.58. The van der Waals surface area contributed by atoms with E-state index in [0.717, 1.165) is 55.4 Å². The molecule has 0 saturated carbocycles. The van der Waals surface area contributed by atoms with Crippen LogP contribution in [-0.2, 0) is 0 Å². The highest BCUT2D eigenvalue weighted by molar-refractivity contribution is 6.10. The second-order valence-electron chi connectivity index (χ2n) is 10.4. The number of rotatable bonds is 5. The van der Waals surface area contributed by atoms with Gasteiger partial charge in [0.05, 0.1) is 22.6 Å². The van der Waals surface area contributed by atoms with E-state index >= 15 is 0 Å². The van der Waals surface area contributed by atoms with Gasteiger partial charge in [0.15, 0.2) is 17.5 Å². The monoisotopic (exact) mass is 564 g/mol. The van der Waals surface area contributed by atoms with Crippen molar-refractivity contribution < 1.29 is 0 Å². The molecule has 6 nitrogen and oxygen atoms in total. The maximum Gasteiger partial charge on any atom is 0.182 e. The topological polar surface area (TPSA) is 77.3 Å². The maximum atomic E-state index is 5.09. The largest absolute Gasteiger partial charge is 0.253 e. The first-order chi connectivity index (χ1) is 21.8. The molecule has 4 heterocycles. The Balaban J connectivity index is 1.24. The molecule has 4 aromatic carbocycles. The Bertz CT molecular complexity index is 2230. The quantitative estimate of drug-likeness (QED) is 0.195. The summed E-state index contributed by atoms with van der Waals surface area (Å²) in [4.78, 5) is 29.3. The molecule has 0 spiro atoms. The van der Waals surface area contributed by atoms with Crippen LogP contribution in [0, 0.1) is 0 Å². The van der Waals surface area contributed by atoms with Gasteiger partial charge in [-0.3, -0.25) is 4.98 Å². The first kappa shape index (κ1) is 25.6. The fourth-order valence-electron chi connectivity index (χ4n) is 5.46. The van der Waals surface area contributed by atoms with E-state index in [1.807, 2.05) is 115 Å². The zero-order valence-corrected chi connectivity index (χ0v) is 23.5.